The molecule has 0 fully saturated rings. The van der Waals surface area contributed by atoms with E-state index in [4.69, 9.17) is 0 Å². The molecule has 15 heavy (non-hydrogen) atoms. The molecule has 0 bridgehead atoms. The minimum Gasteiger partial charge on any atom is -0.385 e. The second-order valence-corrected chi connectivity index (χ2v) is 4.03. The van der Waals surface area contributed by atoms with Gasteiger partial charge in [0.1, 0.15) is 0 Å². The molecule has 84 valence electrons. The van der Waals surface area contributed by atoms with E-state index in [1.54, 1.807) is 0 Å². The Balaban J connectivity index is 3.03. The summed E-state index contributed by atoms with van der Waals surface area (Å²) in [6.45, 7) is 2.43. The van der Waals surface area contributed by atoms with E-state index in [-0.39, 0.29) is 5.69 Å². The van der Waals surface area contributed by atoms with Gasteiger partial charge in [-0.1, -0.05) is 22.9 Å². The van der Waals surface area contributed by atoms with E-state index >= 15 is 0 Å². The summed E-state index contributed by atoms with van der Waals surface area (Å²) in [5.74, 6) is 0. The van der Waals surface area contributed by atoms with E-state index in [0.717, 1.165) is 12.5 Å². The summed E-state index contributed by atoms with van der Waals surface area (Å²) < 4.78 is 38.3. The molecular formula is C10H11BrF3N. The minimum absolute atomic E-state index is 0.124. The normalized spacial score (nSPS) is 11.5. The number of nitrogens with one attached hydrogen (secondary N) is 1. The van der Waals surface area contributed by atoms with Crippen LogP contribution in [0.2, 0.25) is 0 Å². The van der Waals surface area contributed by atoms with Crippen LogP contribution < -0.4 is 5.32 Å². The van der Waals surface area contributed by atoms with Crippen molar-refractivity contribution in [2.75, 3.05) is 11.9 Å². The second kappa shape index (κ2) is 4.88. The van der Waals surface area contributed by atoms with Crippen LogP contribution in [0.1, 0.15) is 18.9 Å². The molecule has 5 heteroatoms. The average Bonchev–Trinajstić information content (AvgIpc) is 2.12. The van der Waals surface area contributed by atoms with Crippen LogP contribution in [0.3, 0.4) is 0 Å². The van der Waals surface area contributed by atoms with Crippen LogP contribution in [-0.4, -0.2) is 6.54 Å². The van der Waals surface area contributed by atoms with Crippen molar-refractivity contribution in [3.63, 3.8) is 0 Å². The first-order valence-electron chi connectivity index (χ1n) is 4.55. The van der Waals surface area contributed by atoms with E-state index in [1.165, 1.54) is 12.1 Å². The molecule has 0 radical (unpaired) electrons. The van der Waals surface area contributed by atoms with Crippen LogP contribution in [0.25, 0.3) is 0 Å². The number of alkyl halides is 3. The third-order valence-corrected chi connectivity index (χ3v) is 2.35. The van der Waals surface area contributed by atoms with Crippen molar-refractivity contribution in [3.05, 3.63) is 28.2 Å². The van der Waals surface area contributed by atoms with Gasteiger partial charge < -0.3 is 5.32 Å². The Labute approximate surface area is 94.8 Å². The number of rotatable bonds is 3. The Morgan fingerprint density at radius 1 is 1.33 bits per heavy atom. The molecule has 1 nitrogen and oxygen atoms in total. The maximum atomic E-state index is 12.6. The van der Waals surface area contributed by atoms with Gasteiger partial charge in [-0.25, -0.2) is 0 Å². The predicted octanol–water partition coefficient (Wildman–Crippen LogP) is 4.29. The van der Waals surface area contributed by atoms with Crippen LogP contribution in [0, 0.1) is 0 Å². The standard InChI is InChI=1S/C10H11BrF3N/c1-2-5-15-9-6-7(11)3-4-8(9)10(12,13)14/h3-4,6,15H,2,5H2,1H3. The molecule has 0 unspecified atom stereocenters. The highest BCUT2D eigenvalue weighted by Crippen LogP contribution is 2.36. The van der Waals surface area contributed by atoms with Crippen LogP contribution in [0.15, 0.2) is 22.7 Å². The molecule has 0 aromatic heterocycles. The van der Waals surface area contributed by atoms with Gasteiger partial charge in [-0.05, 0) is 24.6 Å². The first-order valence-corrected chi connectivity index (χ1v) is 5.35. The monoisotopic (exact) mass is 281 g/mol. The fraction of sp³-hybridized carbons (Fsp3) is 0.400. The lowest BCUT2D eigenvalue weighted by Gasteiger charge is -2.14. The largest absolute Gasteiger partial charge is 0.418 e. The highest BCUT2D eigenvalue weighted by atomic mass is 79.9. The van der Waals surface area contributed by atoms with E-state index < -0.39 is 11.7 Å². The molecule has 0 aliphatic rings. The van der Waals surface area contributed by atoms with Gasteiger partial charge in [-0.15, -0.1) is 0 Å². The smallest absolute Gasteiger partial charge is 0.385 e. The Kier molecular flexibility index (Phi) is 4.02. The van der Waals surface area contributed by atoms with Crippen molar-refractivity contribution in [1.29, 1.82) is 0 Å². The summed E-state index contributed by atoms with van der Waals surface area (Å²) in [7, 11) is 0. The summed E-state index contributed by atoms with van der Waals surface area (Å²) in [5, 5.41) is 2.76. The van der Waals surface area contributed by atoms with Crippen molar-refractivity contribution < 1.29 is 13.2 Å². The fourth-order valence-electron chi connectivity index (χ4n) is 1.17. The molecule has 0 amide bonds. The molecule has 0 saturated heterocycles. The van der Waals surface area contributed by atoms with Crippen LogP contribution in [0.5, 0.6) is 0 Å². The SMILES string of the molecule is CCCNc1cc(Br)ccc1C(F)(F)F. The zero-order valence-electron chi connectivity index (χ0n) is 8.16. The van der Waals surface area contributed by atoms with Crippen molar-refractivity contribution in [2.45, 2.75) is 19.5 Å². The number of benzene rings is 1. The van der Waals surface area contributed by atoms with Gasteiger partial charge in [0.15, 0.2) is 0 Å². The highest BCUT2D eigenvalue weighted by Gasteiger charge is 2.33. The summed E-state index contributed by atoms with van der Waals surface area (Å²) in [5.41, 5.74) is -0.502. The van der Waals surface area contributed by atoms with Crippen molar-refractivity contribution >= 4 is 21.6 Å². The van der Waals surface area contributed by atoms with Gasteiger partial charge in [0, 0.05) is 16.7 Å². The number of hydrogen-bond acceptors (Lipinski definition) is 1. The summed E-state index contributed by atoms with van der Waals surface area (Å²) in [6.07, 6.45) is -3.53. The molecule has 0 heterocycles. The Hall–Kier alpha value is -0.710. The van der Waals surface area contributed by atoms with E-state index in [2.05, 4.69) is 21.2 Å². The highest BCUT2D eigenvalue weighted by molar-refractivity contribution is 9.10. The van der Waals surface area contributed by atoms with Gasteiger partial charge in [-0.3, -0.25) is 0 Å². The maximum absolute atomic E-state index is 12.6. The van der Waals surface area contributed by atoms with E-state index in [0.29, 0.717) is 11.0 Å². The van der Waals surface area contributed by atoms with Gasteiger partial charge in [0.25, 0.3) is 0 Å². The molecule has 0 saturated carbocycles. The lowest BCUT2D eigenvalue weighted by Crippen LogP contribution is -2.11. The molecule has 0 aliphatic heterocycles. The van der Waals surface area contributed by atoms with Crippen molar-refractivity contribution in [1.82, 2.24) is 0 Å². The molecule has 0 spiro atoms. The number of anilines is 1. The third-order valence-electron chi connectivity index (χ3n) is 1.85. The topological polar surface area (TPSA) is 12.0 Å². The summed E-state index contributed by atoms with van der Waals surface area (Å²) in [6, 6.07) is 3.90. The molecule has 1 aromatic rings. The number of hydrogen-bond donors (Lipinski definition) is 1. The fourth-order valence-corrected chi connectivity index (χ4v) is 1.53. The molecule has 0 aliphatic carbocycles. The molecule has 1 aromatic carbocycles. The first-order chi connectivity index (χ1) is 6.95. The Morgan fingerprint density at radius 2 is 2.00 bits per heavy atom. The van der Waals surface area contributed by atoms with Gasteiger partial charge in [0.2, 0.25) is 0 Å². The van der Waals surface area contributed by atoms with Crippen molar-refractivity contribution in [3.8, 4) is 0 Å². The predicted molar refractivity (Wildman–Crippen MR) is 57.9 cm³/mol. The van der Waals surface area contributed by atoms with E-state index in [9.17, 15) is 13.2 Å². The van der Waals surface area contributed by atoms with Crippen LogP contribution in [-0.2, 0) is 6.18 Å². The average molecular weight is 282 g/mol. The van der Waals surface area contributed by atoms with Gasteiger partial charge >= 0.3 is 6.18 Å². The summed E-state index contributed by atoms with van der Waals surface area (Å²) in [4.78, 5) is 0. The van der Waals surface area contributed by atoms with E-state index in [1.807, 2.05) is 6.92 Å². The lowest BCUT2D eigenvalue weighted by molar-refractivity contribution is -0.136. The maximum Gasteiger partial charge on any atom is 0.418 e. The first kappa shape index (κ1) is 12.4. The number of halogens is 4. The molecule has 1 N–H and O–H groups in total. The second-order valence-electron chi connectivity index (χ2n) is 3.11. The van der Waals surface area contributed by atoms with Crippen LogP contribution in [0.4, 0.5) is 18.9 Å². The lowest BCUT2D eigenvalue weighted by atomic mass is 10.1. The summed E-state index contributed by atoms with van der Waals surface area (Å²) >= 11 is 3.15. The van der Waals surface area contributed by atoms with Crippen molar-refractivity contribution in [2.24, 2.45) is 0 Å². The molecule has 0 atom stereocenters. The Morgan fingerprint density at radius 3 is 2.53 bits per heavy atom. The Bertz CT molecular complexity index is 336. The zero-order chi connectivity index (χ0) is 11.5. The quantitative estimate of drug-likeness (QED) is 0.872. The molecule has 1 rings (SSSR count). The zero-order valence-corrected chi connectivity index (χ0v) is 9.74. The third kappa shape index (κ3) is 3.41. The van der Waals surface area contributed by atoms with Gasteiger partial charge in [0.05, 0.1) is 5.56 Å². The molecular weight excluding hydrogens is 271 g/mol. The minimum atomic E-state index is -4.31. The van der Waals surface area contributed by atoms with Gasteiger partial charge in [-0.2, -0.15) is 13.2 Å². The van der Waals surface area contributed by atoms with Crippen LogP contribution >= 0.6 is 15.9 Å².